The Hall–Kier alpha value is -1.26. The van der Waals surface area contributed by atoms with Gasteiger partial charge in [0.1, 0.15) is 0 Å². The Morgan fingerprint density at radius 2 is 2.29 bits per heavy atom. The van der Waals surface area contributed by atoms with Gasteiger partial charge in [-0.15, -0.1) is 0 Å². The lowest BCUT2D eigenvalue weighted by atomic mass is 10.1. The van der Waals surface area contributed by atoms with Crippen LogP contribution in [0.1, 0.15) is 23.2 Å². The van der Waals surface area contributed by atoms with E-state index in [4.69, 9.17) is 23.1 Å². The summed E-state index contributed by atoms with van der Waals surface area (Å²) in [7, 11) is 0. The third kappa shape index (κ3) is 2.37. The highest BCUT2D eigenvalue weighted by Gasteiger charge is 2.23. The van der Waals surface area contributed by atoms with E-state index in [0.717, 1.165) is 25.1 Å². The van der Waals surface area contributed by atoms with Crippen LogP contribution >= 0.6 is 11.6 Å². The molecule has 5 heteroatoms. The van der Waals surface area contributed by atoms with Crippen molar-refractivity contribution >= 4 is 23.2 Å². The summed E-state index contributed by atoms with van der Waals surface area (Å²) in [6, 6.07) is 5.70. The molecule has 4 nitrogen and oxygen atoms in total. The van der Waals surface area contributed by atoms with E-state index in [1.54, 1.807) is 12.1 Å². The number of hydrogen-bond acceptors (Lipinski definition) is 3. The van der Waals surface area contributed by atoms with Crippen LogP contribution in [0.25, 0.3) is 0 Å². The Kier molecular flexibility index (Phi) is 3.54. The van der Waals surface area contributed by atoms with Crippen LogP contribution in [0, 0.1) is 0 Å². The molecule has 0 aromatic heterocycles. The summed E-state index contributed by atoms with van der Waals surface area (Å²) in [6.45, 7) is 1.61. The van der Waals surface area contributed by atoms with Gasteiger partial charge in [0, 0.05) is 24.8 Å². The Morgan fingerprint density at radius 1 is 1.53 bits per heavy atom. The number of carbonyl (C=O) groups excluding carboxylic acids is 1. The van der Waals surface area contributed by atoms with Crippen molar-refractivity contribution in [1.82, 2.24) is 0 Å². The third-order valence-electron chi connectivity index (χ3n) is 3.20. The maximum absolute atomic E-state index is 11.1. The van der Waals surface area contributed by atoms with Crippen molar-refractivity contribution in [2.75, 3.05) is 18.0 Å². The zero-order valence-electron chi connectivity index (χ0n) is 9.53. The van der Waals surface area contributed by atoms with Crippen LogP contribution in [0.4, 0.5) is 5.69 Å². The zero-order chi connectivity index (χ0) is 12.4. The monoisotopic (exact) mass is 253 g/mol. The average Bonchev–Trinajstić information content (AvgIpc) is 2.76. The number of hydrogen-bond donors (Lipinski definition) is 2. The van der Waals surface area contributed by atoms with Crippen LogP contribution in [-0.2, 0) is 0 Å². The predicted octanol–water partition coefficient (Wildman–Crippen LogP) is 1.37. The normalized spacial score (nSPS) is 19.6. The first-order valence-electron chi connectivity index (χ1n) is 5.69. The van der Waals surface area contributed by atoms with Crippen molar-refractivity contribution in [2.45, 2.75) is 18.9 Å². The van der Waals surface area contributed by atoms with Gasteiger partial charge in [0.15, 0.2) is 0 Å². The molecule has 92 valence electrons. The van der Waals surface area contributed by atoms with E-state index in [9.17, 15) is 4.79 Å². The molecule has 0 radical (unpaired) electrons. The molecule has 0 aliphatic carbocycles. The molecule has 1 heterocycles. The van der Waals surface area contributed by atoms with Gasteiger partial charge in [-0.3, -0.25) is 4.79 Å². The number of anilines is 1. The number of amides is 1. The van der Waals surface area contributed by atoms with Gasteiger partial charge >= 0.3 is 0 Å². The number of carbonyl (C=O) groups is 1. The van der Waals surface area contributed by atoms with Crippen LogP contribution in [-0.4, -0.2) is 25.0 Å². The van der Waals surface area contributed by atoms with Gasteiger partial charge in [-0.1, -0.05) is 11.6 Å². The van der Waals surface area contributed by atoms with E-state index in [1.807, 2.05) is 6.07 Å². The number of benzene rings is 1. The van der Waals surface area contributed by atoms with E-state index >= 15 is 0 Å². The molecule has 2 rings (SSSR count). The summed E-state index contributed by atoms with van der Waals surface area (Å²) < 4.78 is 0. The standard InChI is InChI=1S/C12H16ClN3O/c13-11-6-8(3-4-10(11)12(15)17)16-5-1-2-9(16)7-14/h3-4,6,9H,1-2,5,7,14H2,(H2,15,17). The highest BCUT2D eigenvalue weighted by atomic mass is 35.5. The molecule has 0 saturated carbocycles. The first-order valence-corrected chi connectivity index (χ1v) is 6.07. The molecule has 1 fully saturated rings. The molecule has 1 aliphatic heterocycles. The summed E-state index contributed by atoms with van der Waals surface area (Å²) in [4.78, 5) is 13.3. The summed E-state index contributed by atoms with van der Waals surface area (Å²) in [5.41, 5.74) is 12.3. The van der Waals surface area contributed by atoms with Gasteiger partial charge in [-0.05, 0) is 31.0 Å². The number of nitrogens with zero attached hydrogens (tertiary/aromatic N) is 1. The van der Waals surface area contributed by atoms with Crippen LogP contribution in [0.3, 0.4) is 0 Å². The lowest BCUT2D eigenvalue weighted by molar-refractivity contribution is 0.100. The highest BCUT2D eigenvalue weighted by Crippen LogP contribution is 2.28. The van der Waals surface area contributed by atoms with Crippen LogP contribution in [0.15, 0.2) is 18.2 Å². The summed E-state index contributed by atoms with van der Waals surface area (Å²) in [6.07, 6.45) is 2.24. The first kappa shape index (κ1) is 12.2. The fourth-order valence-corrected chi connectivity index (χ4v) is 2.57. The quantitative estimate of drug-likeness (QED) is 0.855. The summed E-state index contributed by atoms with van der Waals surface area (Å²) in [5, 5.41) is 0.401. The molecule has 1 aromatic carbocycles. The molecule has 4 N–H and O–H groups in total. The molecule has 1 aromatic rings. The van der Waals surface area contributed by atoms with Crippen molar-refractivity contribution in [1.29, 1.82) is 0 Å². The van der Waals surface area contributed by atoms with E-state index in [0.29, 0.717) is 23.2 Å². The van der Waals surface area contributed by atoms with Gasteiger partial charge in [0.05, 0.1) is 10.6 Å². The van der Waals surface area contributed by atoms with Gasteiger partial charge in [0.25, 0.3) is 0 Å². The third-order valence-corrected chi connectivity index (χ3v) is 3.51. The van der Waals surface area contributed by atoms with Crippen molar-refractivity contribution < 1.29 is 4.79 Å². The Bertz CT molecular complexity index is 436. The fourth-order valence-electron chi connectivity index (χ4n) is 2.30. The van der Waals surface area contributed by atoms with E-state index < -0.39 is 5.91 Å². The molecule has 1 atom stereocenters. The molecule has 0 bridgehead atoms. The first-order chi connectivity index (χ1) is 8.13. The maximum Gasteiger partial charge on any atom is 0.250 e. The molecular weight excluding hydrogens is 238 g/mol. The second kappa shape index (κ2) is 4.94. The van der Waals surface area contributed by atoms with E-state index in [2.05, 4.69) is 4.90 Å². The number of rotatable bonds is 3. The van der Waals surface area contributed by atoms with Crippen LogP contribution in [0.2, 0.25) is 5.02 Å². The molecule has 1 aliphatic rings. The lowest BCUT2D eigenvalue weighted by Crippen LogP contribution is -2.35. The number of primary amides is 1. The van der Waals surface area contributed by atoms with Gasteiger partial charge < -0.3 is 16.4 Å². The number of nitrogens with two attached hydrogens (primary N) is 2. The second-order valence-corrected chi connectivity index (χ2v) is 4.66. The second-order valence-electron chi connectivity index (χ2n) is 4.25. The van der Waals surface area contributed by atoms with Crippen molar-refractivity contribution in [3.05, 3.63) is 28.8 Å². The minimum Gasteiger partial charge on any atom is -0.367 e. The Balaban J connectivity index is 2.28. The highest BCUT2D eigenvalue weighted by molar-refractivity contribution is 6.34. The predicted molar refractivity (Wildman–Crippen MR) is 69.4 cm³/mol. The molecule has 1 amide bonds. The minimum absolute atomic E-state index is 0.360. The topological polar surface area (TPSA) is 72.3 Å². The Labute approximate surface area is 106 Å². The van der Waals surface area contributed by atoms with Crippen LogP contribution < -0.4 is 16.4 Å². The van der Waals surface area contributed by atoms with Gasteiger partial charge in [0.2, 0.25) is 5.91 Å². The smallest absolute Gasteiger partial charge is 0.250 e. The van der Waals surface area contributed by atoms with Crippen molar-refractivity contribution in [3.8, 4) is 0 Å². The van der Waals surface area contributed by atoms with Gasteiger partial charge in [-0.25, -0.2) is 0 Å². The molecular formula is C12H16ClN3O. The van der Waals surface area contributed by atoms with E-state index in [-0.39, 0.29) is 0 Å². The summed E-state index contributed by atoms with van der Waals surface area (Å²) in [5.74, 6) is -0.502. The lowest BCUT2D eigenvalue weighted by Gasteiger charge is -2.26. The SMILES string of the molecule is NCC1CCCN1c1ccc(C(N)=O)c(Cl)c1. The minimum atomic E-state index is -0.502. The van der Waals surface area contributed by atoms with Crippen LogP contribution in [0.5, 0.6) is 0 Å². The average molecular weight is 254 g/mol. The van der Waals surface area contributed by atoms with Crippen molar-refractivity contribution in [2.24, 2.45) is 11.5 Å². The van der Waals surface area contributed by atoms with Gasteiger partial charge in [-0.2, -0.15) is 0 Å². The van der Waals surface area contributed by atoms with E-state index in [1.165, 1.54) is 0 Å². The number of halogens is 1. The molecule has 17 heavy (non-hydrogen) atoms. The molecule has 1 saturated heterocycles. The zero-order valence-corrected chi connectivity index (χ0v) is 10.3. The summed E-state index contributed by atoms with van der Waals surface area (Å²) >= 11 is 6.03. The molecule has 0 spiro atoms. The van der Waals surface area contributed by atoms with Crippen molar-refractivity contribution in [3.63, 3.8) is 0 Å². The maximum atomic E-state index is 11.1. The largest absolute Gasteiger partial charge is 0.367 e. The molecule has 1 unspecified atom stereocenters. The fraction of sp³-hybridized carbons (Fsp3) is 0.417. The Morgan fingerprint density at radius 3 is 2.88 bits per heavy atom.